The lowest BCUT2D eigenvalue weighted by molar-refractivity contribution is -0.151. The van der Waals surface area contributed by atoms with E-state index in [1.54, 1.807) is 0 Å². The molecule has 48 heavy (non-hydrogen) atoms. The molecule has 8 atom stereocenters. The van der Waals surface area contributed by atoms with E-state index in [4.69, 9.17) is 4.74 Å². The minimum atomic E-state index is -0.0681. The third kappa shape index (κ3) is 10.2. The normalized spacial score (nSPS) is 32.0. The second kappa shape index (κ2) is 19.5. The van der Waals surface area contributed by atoms with Crippen molar-refractivity contribution >= 4 is 11.8 Å². The van der Waals surface area contributed by atoms with E-state index in [1.807, 2.05) is 6.08 Å². The lowest BCUT2D eigenvalue weighted by Crippen LogP contribution is -2.53. The highest BCUT2D eigenvalue weighted by Gasteiger charge is 2.61. The Balaban J connectivity index is 1.14. The van der Waals surface area contributed by atoms with Crippen molar-refractivity contribution in [1.82, 2.24) is 0 Å². The number of ketones is 1. The van der Waals surface area contributed by atoms with E-state index in [0.29, 0.717) is 29.6 Å². The molecule has 3 nitrogen and oxygen atoms in total. The van der Waals surface area contributed by atoms with Gasteiger partial charge in [0, 0.05) is 5.92 Å². The van der Waals surface area contributed by atoms with Crippen LogP contribution in [0, 0.1) is 52.3 Å². The maximum Gasteiger partial charge on any atom is 0.309 e. The first-order valence-corrected chi connectivity index (χ1v) is 21.5. The van der Waals surface area contributed by atoms with Gasteiger partial charge in [0.1, 0.15) is 0 Å². The average Bonchev–Trinajstić information content (AvgIpc) is 3.41. The van der Waals surface area contributed by atoms with Crippen molar-refractivity contribution < 1.29 is 14.3 Å². The number of unbranched alkanes of at least 4 members (excludes halogenated alkanes) is 14. The van der Waals surface area contributed by atoms with Crippen molar-refractivity contribution in [3.8, 4) is 0 Å². The van der Waals surface area contributed by atoms with Gasteiger partial charge in [-0.15, -0.1) is 0 Å². The van der Waals surface area contributed by atoms with Gasteiger partial charge in [0.05, 0.1) is 12.5 Å². The molecule has 3 heteroatoms. The van der Waals surface area contributed by atoms with Crippen molar-refractivity contribution in [3.05, 3.63) is 11.6 Å². The standard InChI is InChI=1S/C45H78O3/c1-7-8-9-10-11-12-13-14-15-16-17-18-19-20-21-31-48-43(47)36-27-29-44(5)37(32-36)33-41(46)42-39-26-25-38(35(4)24-22-23-34(2)3)45(39,6)30-28-40(42)44/h33-36,38-40,42H,7-32H2,1-6H3/t35-,36+,38-,39+,40+,42+,44+,45-/m1/s1. The van der Waals surface area contributed by atoms with E-state index in [0.717, 1.165) is 49.9 Å². The Bertz CT molecular complexity index is 1010. The predicted octanol–water partition coefficient (Wildman–Crippen LogP) is 13.2. The van der Waals surface area contributed by atoms with Gasteiger partial charge in [-0.1, -0.05) is 156 Å². The van der Waals surface area contributed by atoms with Gasteiger partial charge in [-0.25, -0.2) is 0 Å². The predicted molar refractivity (Wildman–Crippen MR) is 203 cm³/mol. The molecule has 3 saturated carbocycles. The summed E-state index contributed by atoms with van der Waals surface area (Å²) in [5.74, 6) is 3.80. The van der Waals surface area contributed by atoms with Crippen molar-refractivity contribution in [1.29, 1.82) is 0 Å². The molecule has 0 aliphatic heterocycles. The van der Waals surface area contributed by atoms with Crippen LogP contribution in [0.2, 0.25) is 0 Å². The summed E-state index contributed by atoms with van der Waals surface area (Å²) in [4.78, 5) is 27.1. The highest BCUT2D eigenvalue weighted by atomic mass is 16.5. The fraction of sp³-hybridized carbons (Fsp3) is 0.911. The molecule has 4 rings (SSSR count). The molecule has 0 N–H and O–H groups in total. The molecular formula is C45H78O3. The Morgan fingerprint density at radius 3 is 1.96 bits per heavy atom. The van der Waals surface area contributed by atoms with E-state index in [2.05, 4.69) is 41.5 Å². The Kier molecular flexibility index (Phi) is 16.1. The van der Waals surface area contributed by atoms with Gasteiger partial charge < -0.3 is 4.74 Å². The lowest BCUT2D eigenvalue weighted by atomic mass is 9.46. The SMILES string of the molecule is CCCCCCCCCCCCCCCCCOC(=O)[C@H]1CC[C@@]2(C)C(=CC(=O)[C@H]3[C@@H]4CC[C@H]([C@H](C)CCCC(C)C)[C@@]4(C)CC[C@@H]32)C1. The van der Waals surface area contributed by atoms with Crippen LogP contribution in [0.1, 0.15) is 202 Å². The van der Waals surface area contributed by atoms with E-state index < -0.39 is 0 Å². The molecule has 276 valence electrons. The topological polar surface area (TPSA) is 43.4 Å². The third-order valence-electron chi connectivity index (χ3n) is 14.5. The smallest absolute Gasteiger partial charge is 0.309 e. The molecular weight excluding hydrogens is 588 g/mol. The molecule has 0 amide bonds. The fourth-order valence-corrected chi connectivity index (χ4v) is 11.4. The van der Waals surface area contributed by atoms with Crippen molar-refractivity contribution in [2.24, 2.45) is 52.3 Å². The van der Waals surface area contributed by atoms with Gasteiger partial charge >= 0.3 is 5.97 Å². The molecule has 4 aliphatic carbocycles. The molecule has 0 saturated heterocycles. The summed E-state index contributed by atoms with van der Waals surface area (Å²) in [5, 5.41) is 0. The van der Waals surface area contributed by atoms with Crippen LogP contribution in [0.4, 0.5) is 0 Å². The first-order valence-electron chi connectivity index (χ1n) is 21.5. The van der Waals surface area contributed by atoms with Crippen molar-refractivity contribution in [3.63, 3.8) is 0 Å². The maximum atomic E-state index is 14.0. The lowest BCUT2D eigenvalue weighted by Gasteiger charge is -2.57. The number of allylic oxidation sites excluding steroid dienone is 2. The van der Waals surface area contributed by atoms with E-state index in [-0.39, 0.29) is 23.2 Å². The molecule has 4 aliphatic rings. The van der Waals surface area contributed by atoms with Crippen LogP contribution in [-0.2, 0) is 14.3 Å². The molecule has 0 aromatic carbocycles. The van der Waals surface area contributed by atoms with Gasteiger partial charge in [-0.2, -0.15) is 0 Å². The molecule has 0 heterocycles. The quantitative estimate of drug-likeness (QED) is 0.0853. The molecule has 0 radical (unpaired) electrons. The van der Waals surface area contributed by atoms with Gasteiger partial charge in [-0.3, -0.25) is 9.59 Å². The number of hydrogen-bond donors (Lipinski definition) is 0. The Morgan fingerprint density at radius 2 is 1.35 bits per heavy atom. The zero-order chi connectivity index (χ0) is 34.6. The number of fused-ring (bicyclic) bond motifs is 5. The summed E-state index contributed by atoms with van der Waals surface area (Å²) in [7, 11) is 0. The minimum absolute atomic E-state index is 0.0146. The summed E-state index contributed by atoms with van der Waals surface area (Å²) in [6.07, 6.45) is 33.9. The number of hydrogen-bond acceptors (Lipinski definition) is 3. The number of carbonyl (C=O) groups excluding carboxylic acids is 2. The first kappa shape index (κ1) is 39.7. The second-order valence-electron chi connectivity index (χ2n) is 18.3. The average molecular weight is 667 g/mol. The van der Waals surface area contributed by atoms with Gasteiger partial charge in [0.25, 0.3) is 0 Å². The second-order valence-corrected chi connectivity index (χ2v) is 18.3. The zero-order valence-electron chi connectivity index (χ0n) is 32.7. The third-order valence-corrected chi connectivity index (χ3v) is 14.5. The summed E-state index contributed by atoms with van der Waals surface area (Å²) >= 11 is 0. The highest BCUT2D eigenvalue weighted by molar-refractivity contribution is 5.94. The van der Waals surface area contributed by atoms with Crippen LogP contribution >= 0.6 is 0 Å². The van der Waals surface area contributed by atoms with Crippen LogP contribution in [0.3, 0.4) is 0 Å². The summed E-state index contributed by atoms with van der Waals surface area (Å²) in [5.41, 5.74) is 1.66. The van der Waals surface area contributed by atoms with E-state index >= 15 is 0 Å². The van der Waals surface area contributed by atoms with Crippen LogP contribution < -0.4 is 0 Å². The Labute approximate surface area is 298 Å². The minimum Gasteiger partial charge on any atom is -0.465 e. The number of ether oxygens (including phenoxy) is 1. The van der Waals surface area contributed by atoms with E-state index in [9.17, 15) is 9.59 Å². The number of esters is 1. The fourth-order valence-electron chi connectivity index (χ4n) is 11.4. The van der Waals surface area contributed by atoms with Crippen molar-refractivity contribution in [2.75, 3.05) is 6.61 Å². The van der Waals surface area contributed by atoms with Crippen LogP contribution in [0.25, 0.3) is 0 Å². The van der Waals surface area contributed by atoms with Gasteiger partial charge in [0.15, 0.2) is 5.78 Å². The number of rotatable bonds is 22. The van der Waals surface area contributed by atoms with Crippen LogP contribution in [0.5, 0.6) is 0 Å². The van der Waals surface area contributed by atoms with Crippen LogP contribution in [-0.4, -0.2) is 18.4 Å². The zero-order valence-corrected chi connectivity index (χ0v) is 32.7. The Hall–Kier alpha value is -1.12. The molecule has 0 bridgehead atoms. The van der Waals surface area contributed by atoms with Crippen LogP contribution in [0.15, 0.2) is 11.6 Å². The maximum absolute atomic E-state index is 14.0. The van der Waals surface area contributed by atoms with Gasteiger partial charge in [-0.05, 0) is 97.9 Å². The van der Waals surface area contributed by atoms with E-state index in [1.165, 1.54) is 134 Å². The monoisotopic (exact) mass is 667 g/mol. The number of carbonyl (C=O) groups is 2. The molecule has 0 spiro atoms. The largest absolute Gasteiger partial charge is 0.465 e. The Morgan fingerprint density at radius 1 is 0.750 bits per heavy atom. The molecule has 0 aromatic rings. The molecule has 0 unspecified atom stereocenters. The molecule has 0 aromatic heterocycles. The van der Waals surface area contributed by atoms with Crippen molar-refractivity contribution in [2.45, 2.75) is 202 Å². The van der Waals surface area contributed by atoms with Gasteiger partial charge in [0.2, 0.25) is 0 Å². The summed E-state index contributed by atoms with van der Waals surface area (Å²) < 4.78 is 5.84. The first-order chi connectivity index (χ1) is 23.1. The summed E-state index contributed by atoms with van der Waals surface area (Å²) in [6, 6.07) is 0. The molecule has 3 fully saturated rings. The summed E-state index contributed by atoms with van der Waals surface area (Å²) in [6.45, 7) is 15.0. The highest BCUT2D eigenvalue weighted by Crippen LogP contribution is 2.67.